The fourth-order valence-corrected chi connectivity index (χ4v) is 3.77. The van der Waals surface area contributed by atoms with Gasteiger partial charge in [0.05, 0.1) is 22.7 Å². The second-order valence-electron chi connectivity index (χ2n) is 7.93. The minimum atomic E-state index is -0.367. The molecule has 7 heteroatoms. The molecular weight excluding hydrogens is 374 g/mol. The lowest BCUT2D eigenvalue weighted by Gasteiger charge is -2.26. The van der Waals surface area contributed by atoms with Gasteiger partial charge in [-0.15, -0.1) is 0 Å². The molecule has 0 aromatic heterocycles. The monoisotopic (exact) mass is 397 g/mol. The predicted molar refractivity (Wildman–Crippen MR) is 106 cm³/mol. The van der Waals surface area contributed by atoms with Gasteiger partial charge in [-0.05, 0) is 36.1 Å². The van der Waals surface area contributed by atoms with Crippen LogP contribution in [-0.4, -0.2) is 52.8 Å². The second kappa shape index (κ2) is 7.95. The van der Waals surface area contributed by atoms with Crippen LogP contribution in [0.25, 0.3) is 0 Å². The van der Waals surface area contributed by atoms with Gasteiger partial charge >= 0.3 is 0 Å². The van der Waals surface area contributed by atoms with E-state index in [2.05, 4.69) is 0 Å². The van der Waals surface area contributed by atoms with Gasteiger partial charge in [0, 0.05) is 6.54 Å². The quantitative estimate of drug-likeness (QED) is 0.726. The van der Waals surface area contributed by atoms with E-state index in [9.17, 15) is 24.6 Å². The molecule has 1 aliphatic heterocycles. The highest BCUT2D eigenvalue weighted by atomic mass is 16.5. The van der Waals surface area contributed by atoms with Crippen LogP contribution in [0.3, 0.4) is 0 Å². The number of ether oxygens (including phenoxy) is 1. The van der Waals surface area contributed by atoms with E-state index in [0.29, 0.717) is 25.5 Å². The van der Waals surface area contributed by atoms with E-state index >= 15 is 0 Å². The van der Waals surface area contributed by atoms with Crippen molar-refractivity contribution in [3.8, 4) is 17.2 Å². The Bertz CT molecular complexity index is 952. The highest BCUT2D eigenvalue weighted by Crippen LogP contribution is 2.36. The summed E-state index contributed by atoms with van der Waals surface area (Å²) in [6, 6.07) is 8.63. The molecule has 0 bridgehead atoms. The molecule has 2 aromatic carbocycles. The number of carbonyl (C=O) groups excluding carboxylic acids is 3. The topological polar surface area (TPSA) is 104 Å². The number of hydrogen-bond donors (Lipinski definition) is 2. The summed E-state index contributed by atoms with van der Waals surface area (Å²) < 4.78 is 5.78. The van der Waals surface area contributed by atoms with Gasteiger partial charge in [0.2, 0.25) is 0 Å². The van der Waals surface area contributed by atoms with Crippen LogP contribution in [-0.2, 0) is 0 Å². The summed E-state index contributed by atoms with van der Waals surface area (Å²) in [6.07, 6.45) is 1.65. The Hall–Kier alpha value is -3.35. The summed E-state index contributed by atoms with van der Waals surface area (Å²) in [5.41, 5.74) is -0.0284. The molecule has 1 unspecified atom stereocenters. The molecule has 1 saturated heterocycles. The molecule has 1 aliphatic rings. The highest BCUT2D eigenvalue weighted by molar-refractivity contribution is 6.03. The third kappa shape index (κ3) is 4.08. The Balaban J connectivity index is 1.86. The van der Waals surface area contributed by atoms with Gasteiger partial charge in [-0.2, -0.15) is 0 Å². The minimum absolute atomic E-state index is 0.0434. The molecule has 2 aromatic rings. The molecule has 0 spiro atoms. The Kier molecular flexibility index (Phi) is 5.59. The fourth-order valence-electron chi connectivity index (χ4n) is 3.77. The van der Waals surface area contributed by atoms with Crippen molar-refractivity contribution in [2.45, 2.75) is 26.3 Å². The Morgan fingerprint density at radius 1 is 1.10 bits per heavy atom. The molecule has 0 saturated carbocycles. The molecule has 0 aliphatic carbocycles. The van der Waals surface area contributed by atoms with Gasteiger partial charge in [0.15, 0.2) is 12.6 Å². The first-order valence-electron chi connectivity index (χ1n) is 9.25. The first-order chi connectivity index (χ1) is 13.8. The number of nitrogens with zero attached hydrogens (tertiary/aromatic N) is 1. The van der Waals surface area contributed by atoms with E-state index in [1.165, 1.54) is 24.3 Å². The molecule has 2 N–H and O–H groups in total. The number of amides is 1. The van der Waals surface area contributed by atoms with Crippen LogP contribution in [0.15, 0.2) is 36.4 Å². The molecule has 1 heterocycles. The smallest absolute Gasteiger partial charge is 0.255 e. The lowest BCUT2D eigenvalue weighted by Crippen LogP contribution is -2.39. The average molecular weight is 397 g/mol. The molecule has 152 valence electrons. The number of rotatable bonds is 6. The predicted octanol–water partition coefficient (Wildman–Crippen LogP) is 3.04. The van der Waals surface area contributed by atoms with Gasteiger partial charge in [-0.3, -0.25) is 14.4 Å². The summed E-state index contributed by atoms with van der Waals surface area (Å²) in [4.78, 5) is 37.4. The summed E-state index contributed by atoms with van der Waals surface area (Å²) in [6.45, 7) is 4.63. The van der Waals surface area contributed by atoms with Crippen LogP contribution in [0.2, 0.25) is 0 Å². The highest BCUT2D eigenvalue weighted by Gasteiger charge is 2.41. The summed E-state index contributed by atoms with van der Waals surface area (Å²) in [5, 5.41) is 19.7. The van der Waals surface area contributed by atoms with E-state index in [-0.39, 0.29) is 57.9 Å². The van der Waals surface area contributed by atoms with E-state index in [0.717, 1.165) is 0 Å². The van der Waals surface area contributed by atoms with Gasteiger partial charge in [0.25, 0.3) is 5.91 Å². The molecular formula is C22H23NO6. The molecule has 29 heavy (non-hydrogen) atoms. The van der Waals surface area contributed by atoms with Crippen molar-refractivity contribution in [2.24, 2.45) is 5.41 Å². The number of hydrogen-bond acceptors (Lipinski definition) is 6. The van der Waals surface area contributed by atoms with E-state index < -0.39 is 0 Å². The number of benzene rings is 2. The Morgan fingerprint density at radius 3 is 2.38 bits per heavy atom. The average Bonchev–Trinajstić information content (AvgIpc) is 3.00. The zero-order valence-corrected chi connectivity index (χ0v) is 16.3. The van der Waals surface area contributed by atoms with Crippen molar-refractivity contribution >= 4 is 18.5 Å². The van der Waals surface area contributed by atoms with Gasteiger partial charge < -0.3 is 19.8 Å². The number of aromatic hydroxyl groups is 2. The van der Waals surface area contributed by atoms with Gasteiger partial charge in [-0.25, -0.2) is 0 Å². The molecule has 7 nitrogen and oxygen atoms in total. The fraction of sp³-hybridized carbons (Fsp3) is 0.318. The first-order valence-corrected chi connectivity index (χ1v) is 9.25. The molecule has 3 rings (SSSR count). The molecule has 1 atom stereocenters. The van der Waals surface area contributed by atoms with Crippen LogP contribution in [0.1, 0.15) is 51.3 Å². The SMILES string of the molecule is CC1(C)CC(COc2cccc(O)c2C=O)N(C(=O)c2cccc(O)c2C=O)C1. The number of phenols is 2. The maximum absolute atomic E-state index is 13.2. The number of likely N-dealkylation sites (tertiary alicyclic amines) is 1. The summed E-state index contributed by atoms with van der Waals surface area (Å²) in [7, 11) is 0. The van der Waals surface area contributed by atoms with Crippen molar-refractivity contribution < 1.29 is 29.3 Å². The van der Waals surface area contributed by atoms with Crippen molar-refractivity contribution in [3.05, 3.63) is 53.1 Å². The zero-order chi connectivity index (χ0) is 21.2. The largest absolute Gasteiger partial charge is 0.507 e. The number of phenolic OH excluding ortho intramolecular Hbond substituents is 2. The van der Waals surface area contributed by atoms with E-state index in [1.54, 1.807) is 17.0 Å². The third-order valence-corrected chi connectivity index (χ3v) is 5.11. The van der Waals surface area contributed by atoms with E-state index in [1.807, 2.05) is 13.8 Å². The van der Waals surface area contributed by atoms with Crippen LogP contribution in [0, 0.1) is 5.41 Å². The van der Waals surface area contributed by atoms with Crippen LogP contribution >= 0.6 is 0 Å². The van der Waals surface area contributed by atoms with Crippen molar-refractivity contribution in [1.29, 1.82) is 0 Å². The Morgan fingerprint density at radius 2 is 1.72 bits per heavy atom. The second-order valence-corrected chi connectivity index (χ2v) is 7.93. The van der Waals surface area contributed by atoms with E-state index in [4.69, 9.17) is 4.74 Å². The first kappa shape index (κ1) is 20.4. The van der Waals surface area contributed by atoms with Crippen molar-refractivity contribution in [3.63, 3.8) is 0 Å². The molecule has 1 amide bonds. The summed E-state index contributed by atoms with van der Waals surface area (Å²) >= 11 is 0. The maximum atomic E-state index is 13.2. The minimum Gasteiger partial charge on any atom is -0.507 e. The lowest BCUT2D eigenvalue weighted by molar-refractivity contribution is 0.0679. The van der Waals surface area contributed by atoms with Crippen LogP contribution in [0.4, 0.5) is 0 Å². The van der Waals surface area contributed by atoms with Crippen molar-refractivity contribution in [2.75, 3.05) is 13.2 Å². The van der Waals surface area contributed by atoms with Gasteiger partial charge in [-0.1, -0.05) is 26.0 Å². The third-order valence-electron chi connectivity index (χ3n) is 5.11. The number of aldehydes is 2. The van der Waals surface area contributed by atoms with Gasteiger partial charge in [0.1, 0.15) is 23.9 Å². The normalized spacial score (nSPS) is 17.7. The Labute approximate surface area is 168 Å². The van der Waals surface area contributed by atoms with Crippen molar-refractivity contribution in [1.82, 2.24) is 4.90 Å². The molecule has 0 radical (unpaired) electrons. The standard InChI is InChI=1S/C22H23NO6/c1-22(2)9-14(12-29-20-8-4-7-19(27)17(20)11-25)23(13-22)21(28)15-5-3-6-18(26)16(15)10-24/h3-8,10-11,14,26-27H,9,12-13H2,1-2H3. The summed E-state index contributed by atoms with van der Waals surface area (Å²) in [5.74, 6) is -0.545. The number of carbonyl (C=O) groups is 3. The maximum Gasteiger partial charge on any atom is 0.255 e. The van der Waals surface area contributed by atoms with Crippen LogP contribution in [0.5, 0.6) is 17.2 Å². The van der Waals surface area contributed by atoms with Crippen LogP contribution < -0.4 is 4.74 Å². The molecule has 1 fully saturated rings. The zero-order valence-electron chi connectivity index (χ0n) is 16.3. The lowest BCUT2D eigenvalue weighted by atomic mass is 9.91.